The van der Waals surface area contributed by atoms with E-state index in [4.69, 9.17) is 4.74 Å². The second kappa shape index (κ2) is 6.67. The summed E-state index contributed by atoms with van der Waals surface area (Å²) in [5.41, 5.74) is 1.91. The maximum atomic E-state index is 12.4. The van der Waals surface area contributed by atoms with Crippen LogP contribution in [0.25, 0.3) is 0 Å². The van der Waals surface area contributed by atoms with Crippen LogP contribution in [0.15, 0.2) is 66.7 Å². The highest BCUT2D eigenvalue weighted by Gasteiger charge is 2.32. The molecule has 0 unspecified atom stereocenters. The number of rotatable bonds is 4. The number of hydrogen-bond acceptors (Lipinski definition) is 3. The molecule has 0 spiro atoms. The number of methoxy groups -OCH3 is 1. The zero-order chi connectivity index (χ0) is 16.2. The summed E-state index contributed by atoms with van der Waals surface area (Å²) >= 11 is 0. The molecule has 1 amide bonds. The van der Waals surface area contributed by atoms with Crippen LogP contribution >= 0.6 is 0 Å². The van der Waals surface area contributed by atoms with Crippen molar-refractivity contribution in [3.05, 3.63) is 77.9 Å². The molecule has 0 radical (unpaired) electrons. The van der Waals surface area contributed by atoms with Gasteiger partial charge in [-0.3, -0.25) is 4.79 Å². The molecule has 2 aromatic rings. The number of ether oxygens (including phenoxy) is 1. The molecular weight excluding hydrogens is 290 g/mol. The maximum absolute atomic E-state index is 12.4. The molecule has 0 saturated heterocycles. The Bertz CT molecular complexity index is 694. The van der Waals surface area contributed by atoms with Crippen LogP contribution in [-0.2, 0) is 11.3 Å². The van der Waals surface area contributed by atoms with Crippen molar-refractivity contribution >= 4 is 5.91 Å². The van der Waals surface area contributed by atoms with Crippen LogP contribution in [0.2, 0.25) is 0 Å². The van der Waals surface area contributed by atoms with Gasteiger partial charge in [-0.2, -0.15) is 0 Å². The molecule has 1 N–H and O–H groups in total. The minimum Gasteiger partial charge on any atom is -0.497 e. The molecule has 4 heteroatoms. The number of aliphatic hydroxyl groups is 1. The summed E-state index contributed by atoms with van der Waals surface area (Å²) in [6.45, 7) is 0.434. The highest BCUT2D eigenvalue weighted by molar-refractivity contribution is 5.89. The number of aliphatic hydroxyl groups excluding tert-OH is 1. The Hall–Kier alpha value is -2.59. The Kier molecular flexibility index (Phi) is 4.44. The van der Waals surface area contributed by atoms with Crippen molar-refractivity contribution in [1.29, 1.82) is 0 Å². The van der Waals surface area contributed by atoms with Gasteiger partial charge in [-0.25, -0.2) is 0 Å². The van der Waals surface area contributed by atoms with Crippen LogP contribution in [0.3, 0.4) is 0 Å². The van der Waals surface area contributed by atoms with E-state index in [1.54, 1.807) is 18.1 Å². The number of carbonyl (C=O) groups is 1. The molecule has 1 aliphatic rings. The molecule has 0 bridgehead atoms. The van der Waals surface area contributed by atoms with Gasteiger partial charge in [0.2, 0.25) is 5.91 Å². The average Bonchev–Trinajstić information content (AvgIpc) is 2.60. The molecule has 1 aliphatic heterocycles. The van der Waals surface area contributed by atoms with E-state index >= 15 is 0 Å². The Balaban J connectivity index is 1.89. The van der Waals surface area contributed by atoms with E-state index in [0.717, 1.165) is 16.9 Å². The van der Waals surface area contributed by atoms with E-state index in [0.29, 0.717) is 6.54 Å². The smallest absolute Gasteiger partial charge is 0.247 e. The van der Waals surface area contributed by atoms with E-state index in [2.05, 4.69) is 0 Å². The van der Waals surface area contributed by atoms with Gasteiger partial charge in [0, 0.05) is 12.6 Å². The minimum absolute atomic E-state index is 0.0972. The van der Waals surface area contributed by atoms with Crippen LogP contribution < -0.4 is 4.74 Å². The molecule has 0 saturated carbocycles. The zero-order valence-corrected chi connectivity index (χ0v) is 12.9. The fraction of sp³-hybridized carbons (Fsp3) is 0.211. The fourth-order valence-electron chi connectivity index (χ4n) is 2.83. The summed E-state index contributed by atoms with van der Waals surface area (Å²) in [5.74, 6) is 0.679. The largest absolute Gasteiger partial charge is 0.497 e. The normalized spacial score (nSPS) is 20.6. The summed E-state index contributed by atoms with van der Waals surface area (Å²) in [6, 6.07) is 16.8. The van der Waals surface area contributed by atoms with E-state index in [9.17, 15) is 9.90 Å². The molecule has 1 heterocycles. The van der Waals surface area contributed by atoms with Gasteiger partial charge in [0.25, 0.3) is 0 Å². The van der Waals surface area contributed by atoms with Gasteiger partial charge < -0.3 is 14.7 Å². The molecule has 0 aliphatic carbocycles. The highest BCUT2D eigenvalue weighted by atomic mass is 16.5. The number of carbonyl (C=O) groups excluding carboxylic acids is 1. The molecule has 23 heavy (non-hydrogen) atoms. The lowest BCUT2D eigenvalue weighted by atomic mass is 9.95. The van der Waals surface area contributed by atoms with Gasteiger partial charge >= 0.3 is 0 Å². The lowest BCUT2D eigenvalue weighted by Crippen LogP contribution is -2.42. The molecular formula is C19H19NO3. The quantitative estimate of drug-likeness (QED) is 0.944. The summed E-state index contributed by atoms with van der Waals surface area (Å²) in [4.78, 5) is 14.1. The highest BCUT2D eigenvalue weighted by Crippen LogP contribution is 2.30. The van der Waals surface area contributed by atoms with Gasteiger partial charge in [0.15, 0.2) is 0 Å². The van der Waals surface area contributed by atoms with Gasteiger partial charge in [-0.05, 0) is 29.3 Å². The standard InChI is InChI=1S/C19H19NO3/c1-23-16-9-7-14(8-10-16)13-20-18(22)12-11-17(21)19(20)15-5-3-2-4-6-15/h2-12,17,19,21H,13H2,1H3/t17-,19+/m1/s1. The predicted octanol–water partition coefficient (Wildman–Crippen LogP) is 2.70. The Morgan fingerprint density at radius 1 is 1.09 bits per heavy atom. The lowest BCUT2D eigenvalue weighted by molar-refractivity contribution is -0.132. The number of amides is 1. The molecule has 0 aromatic heterocycles. The van der Waals surface area contributed by atoms with Crippen molar-refractivity contribution in [3.8, 4) is 5.75 Å². The van der Waals surface area contributed by atoms with Gasteiger partial charge in [-0.1, -0.05) is 42.5 Å². The van der Waals surface area contributed by atoms with E-state index in [1.807, 2.05) is 54.6 Å². The number of benzene rings is 2. The Morgan fingerprint density at radius 2 is 1.78 bits per heavy atom. The van der Waals surface area contributed by atoms with Crippen LogP contribution in [0.4, 0.5) is 0 Å². The molecule has 2 aromatic carbocycles. The third-order valence-electron chi connectivity index (χ3n) is 4.03. The number of nitrogens with zero attached hydrogens (tertiary/aromatic N) is 1. The van der Waals surface area contributed by atoms with Crippen molar-refractivity contribution in [2.24, 2.45) is 0 Å². The summed E-state index contributed by atoms with van der Waals surface area (Å²) < 4.78 is 5.16. The van der Waals surface area contributed by atoms with E-state index in [1.165, 1.54) is 6.08 Å². The van der Waals surface area contributed by atoms with Gasteiger partial charge in [-0.15, -0.1) is 0 Å². The minimum atomic E-state index is -0.714. The first-order valence-electron chi connectivity index (χ1n) is 7.54. The van der Waals surface area contributed by atoms with Crippen molar-refractivity contribution in [3.63, 3.8) is 0 Å². The van der Waals surface area contributed by atoms with Gasteiger partial charge in [0.05, 0.1) is 19.3 Å². The van der Waals surface area contributed by atoms with Gasteiger partial charge in [0.1, 0.15) is 5.75 Å². The van der Waals surface area contributed by atoms with Crippen molar-refractivity contribution in [1.82, 2.24) is 4.90 Å². The van der Waals surface area contributed by atoms with Crippen molar-refractivity contribution in [2.45, 2.75) is 18.7 Å². The van der Waals surface area contributed by atoms with Crippen LogP contribution in [0.5, 0.6) is 5.75 Å². The second-order valence-corrected chi connectivity index (χ2v) is 5.52. The topological polar surface area (TPSA) is 49.8 Å². The summed E-state index contributed by atoms with van der Waals surface area (Å²) in [6.07, 6.45) is 2.28. The van der Waals surface area contributed by atoms with Crippen LogP contribution in [0.1, 0.15) is 17.2 Å². The number of hydrogen-bond donors (Lipinski definition) is 1. The molecule has 118 valence electrons. The molecule has 0 fully saturated rings. The SMILES string of the molecule is COc1ccc(CN2C(=O)C=C[C@@H](O)[C@@H]2c2ccccc2)cc1. The Labute approximate surface area is 135 Å². The third kappa shape index (κ3) is 3.27. The first kappa shape index (κ1) is 15.3. The molecule has 4 nitrogen and oxygen atoms in total. The monoisotopic (exact) mass is 309 g/mol. The fourth-order valence-corrected chi connectivity index (χ4v) is 2.83. The summed E-state index contributed by atoms with van der Waals surface area (Å²) in [5, 5.41) is 10.4. The lowest BCUT2D eigenvalue weighted by Gasteiger charge is -2.36. The predicted molar refractivity (Wildman–Crippen MR) is 87.9 cm³/mol. The maximum Gasteiger partial charge on any atom is 0.247 e. The average molecular weight is 309 g/mol. The third-order valence-corrected chi connectivity index (χ3v) is 4.03. The van der Waals surface area contributed by atoms with Crippen molar-refractivity contribution < 1.29 is 14.6 Å². The van der Waals surface area contributed by atoms with Crippen LogP contribution in [0, 0.1) is 0 Å². The first-order valence-corrected chi connectivity index (χ1v) is 7.54. The Morgan fingerprint density at radius 3 is 2.43 bits per heavy atom. The molecule has 2 atom stereocenters. The van der Waals surface area contributed by atoms with Crippen molar-refractivity contribution in [2.75, 3.05) is 7.11 Å². The van der Waals surface area contributed by atoms with E-state index in [-0.39, 0.29) is 11.9 Å². The zero-order valence-electron chi connectivity index (χ0n) is 12.9. The van der Waals surface area contributed by atoms with E-state index < -0.39 is 6.10 Å². The molecule has 3 rings (SSSR count). The first-order chi connectivity index (χ1) is 11.2. The second-order valence-electron chi connectivity index (χ2n) is 5.52. The van der Waals surface area contributed by atoms with Crippen LogP contribution in [-0.4, -0.2) is 29.1 Å². The summed E-state index contributed by atoms with van der Waals surface area (Å²) in [7, 11) is 1.62.